The van der Waals surface area contributed by atoms with Gasteiger partial charge in [-0.25, -0.2) is 0 Å². The summed E-state index contributed by atoms with van der Waals surface area (Å²) in [6.45, 7) is 9.07. The van der Waals surface area contributed by atoms with E-state index in [0.29, 0.717) is 0 Å². The van der Waals surface area contributed by atoms with Gasteiger partial charge in [-0.2, -0.15) is 0 Å². The number of hydrogen-bond acceptors (Lipinski definition) is 2. The predicted octanol–water partition coefficient (Wildman–Crippen LogP) is 3.94. The van der Waals surface area contributed by atoms with Gasteiger partial charge in [0.15, 0.2) is 0 Å². The molecule has 1 aromatic rings. The molecule has 2 aliphatic heterocycles. The third kappa shape index (κ3) is 2.77. The Bertz CT molecular complexity index is 446. The van der Waals surface area contributed by atoms with Gasteiger partial charge in [0.2, 0.25) is 0 Å². The molecule has 0 saturated carbocycles. The average molecular weight is 273 g/mol. The lowest BCUT2D eigenvalue weighted by Gasteiger charge is -2.39. The van der Waals surface area contributed by atoms with Crippen molar-refractivity contribution in [2.45, 2.75) is 51.7 Å². The number of likely N-dealkylation sites (tertiary alicyclic amines) is 1. The first-order valence-electron chi connectivity index (χ1n) is 8.14. The lowest BCUT2D eigenvalue weighted by Crippen LogP contribution is -2.42. The summed E-state index contributed by atoms with van der Waals surface area (Å²) >= 11 is 0. The zero-order chi connectivity index (χ0) is 14.0. The lowest BCUT2D eigenvalue weighted by molar-refractivity contribution is -0.0789. The van der Waals surface area contributed by atoms with Crippen molar-refractivity contribution < 1.29 is 4.74 Å². The van der Waals surface area contributed by atoms with E-state index in [1.807, 2.05) is 0 Å². The van der Waals surface area contributed by atoms with Crippen LogP contribution in [0.15, 0.2) is 24.3 Å². The van der Waals surface area contributed by atoms with Gasteiger partial charge < -0.3 is 9.64 Å². The van der Waals surface area contributed by atoms with E-state index in [1.165, 1.54) is 43.6 Å². The highest BCUT2D eigenvalue weighted by Gasteiger charge is 2.42. The summed E-state index contributed by atoms with van der Waals surface area (Å²) in [7, 11) is 0. The Morgan fingerprint density at radius 1 is 1.20 bits per heavy atom. The second-order valence-electron chi connectivity index (χ2n) is 6.82. The topological polar surface area (TPSA) is 12.5 Å². The zero-order valence-corrected chi connectivity index (χ0v) is 12.9. The SMILES string of the molecule is CC(C)CCCN1CCC2(CC1)OCc1ccccc12. The van der Waals surface area contributed by atoms with Gasteiger partial charge in [0.25, 0.3) is 0 Å². The van der Waals surface area contributed by atoms with Crippen LogP contribution in [0.5, 0.6) is 0 Å². The van der Waals surface area contributed by atoms with Crippen molar-refractivity contribution in [2.24, 2.45) is 5.92 Å². The smallest absolute Gasteiger partial charge is 0.0963 e. The maximum absolute atomic E-state index is 6.22. The largest absolute Gasteiger partial charge is 0.365 e. The quantitative estimate of drug-likeness (QED) is 0.824. The van der Waals surface area contributed by atoms with Gasteiger partial charge in [-0.15, -0.1) is 0 Å². The van der Waals surface area contributed by atoms with Crippen molar-refractivity contribution in [1.29, 1.82) is 0 Å². The molecule has 0 aromatic heterocycles. The van der Waals surface area contributed by atoms with Crippen molar-refractivity contribution in [3.63, 3.8) is 0 Å². The number of ether oxygens (including phenoxy) is 1. The van der Waals surface area contributed by atoms with Gasteiger partial charge in [-0.3, -0.25) is 0 Å². The van der Waals surface area contributed by atoms with Crippen molar-refractivity contribution in [3.8, 4) is 0 Å². The van der Waals surface area contributed by atoms with E-state index in [1.54, 1.807) is 0 Å². The molecule has 0 N–H and O–H groups in total. The summed E-state index contributed by atoms with van der Waals surface area (Å²) in [4.78, 5) is 2.62. The van der Waals surface area contributed by atoms with Gasteiger partial charge in [0.1, 0.15) is 0 Å². The molecule has 1 fully saturated rings. The van der Waals surface area contributed by atoms with Crippen LogP contribution in [0.25, 0.3) is 0 Å². The normalized spacial score (nSPS) is 21.6. The molecule has 1 aromatic carbocycles. The van der Waals surface area contributed by atoms with Crippen molar-refractivity contribution in [2.75, 3.05) is 19.6 Å². The summed E-state index contributed by atoms with van der Waals surface area (Å²) in [6, 6.07) is 8.78. The number of nitrogens with zero attached hydrogens (tertiary/aromatic N) is 1. The maximum Gasteiger partial charge on any atom is 0.0963 e. The molecule has 0 atom stereocenters. The van der Waals surface area contributed by atoms with Crippen LogP contribution in [0.2, 0.25) is 0 Å². The van der Waals surface area contributed by atoms with Crippen LogP contribution >= 0.6 is 0 Å². The minimum Gasteiger partial charge on any atom is -0.365 e. The van der Waals surface area contributed by atoms with E-state index >= 15 is 0 Å². The standard InChI is InChI=1S/C18H27NO/c1-15(2)6-5-11-19-12-9-18(10-13-19)17-8-4-3-7-16(17)14-20-18/h3-4,7-8,15H,5-6,9-14H2,1-2H3. The van der Waals surface area contributed by atoms with Crippen LogP contribution in [0, 0.1) is 5.92 Å². The fraction of sp³-hybridized carbons (Fsp3) is 0.667. The molecule has 2 nitrogen and oxygen atoms in total. The van der Waals surface area contributed by atoms with Gasteiger partial charge >= 0.3 is 0 Å². The first-order chi connectivity index (χ1) is 9.70. The Balaban J connectivity index is 1.57. The van der Waals surface area contributed by atoms with Crippen LogP contribution in [0.3, 0.4) is 0 Å². The summed E-state index contributed by atoms with van der Waals surface area (Å²) in [6.07, 6.45) is 5.00. The van der Waals surface area contributed by atoms with Crippen LogP contribution in [0.4, 0.5) is 0 Å². The molecule has 0 amide bonds. The van der Waals surface area contributed by atoms with E-state index in [2.05, 4.69) is 43.0 Å². The molecule has 20 heavy (non-hydrogen) atoms. The average Bonchev–Trinajstić information content (AvgIpc) is 2.81. The molecule has 110 valence electrons. The van der Waals surface area contributed by atoms with Gasteiger partial charge in [-0.05, 0) is 49.3 Å². The number of benzene rings is 1. The van der Waals surface area contributed by atoms with Crippen LogP contribution < -0.4 is 0 Å². The first kappa shape index (κ1) is 14.1. The molecule has 2 heteroatoms. The molecule has 0 aliphatic carbocycles. The Kier molecular flexibility index (Phi) is 4.13. The van der Waals surface area contributed by atoms with Crippen LogP contribution in [-0.4, -0.2) is 24.5 Å². The van der Waals surface area contributed by atoms with Crippen LogP contribution in [0.1, 0.15) is 50.7 Å². The van der Waals surface area contributed by atoms with Gasteiger partial charge in [0.05, 0.1) is 12.2 Å². The van der Waals surface area contributed by atoms with E-state index in [0.717, 1.165) is 25.4 Å². The molecule has 0 bridgehead atoms. The lowest BCUT2D eigenvalue weighted by atomic mass is 9.84. The van der Waals surface area contributed by atoms with Crippen LogP contribution in [-0.2, 0) is 16.9 Å². The molecule has 2 heterocycles. The predicted molar refractivity (Wildman–Crippen MR) is 82.7 cm³/mol. The molecule has 0 radical (unpaired) electrons. The second kappa shape index (κ2) is 5.87. The molecule has 3 rings (SSSR count). The number of hydrogen-bond donors (Lipinski definition) is 0. The monoisotopic (exact) mass is 273 g/mol. The molecule has 2 aliphatic rings. The van der Waals surface area contributed by atoms with E-state index in [4.69, 9.17) is 4.74 Å². The summed E-state index contributed by atoms with van der Waals surface area (Å²) in [5, 5.41) is 0. The van der Waals surface area contributed by atoms with E-state index in [9.17, 15) is 0 Å². The number of piperidine rings is 1. The van der Waals surface area contributed by atoms with Gasteiger partial charge in [0, 0.05) is 13.1 Å². The Morgan fingerprint density at radius 3 is 2.70 bits per heavy atom. The fourth-order valence-corrected chi connectivity index (χ4v) is 3.66. The highest BCUT2D eigenvalue weighted by molar-refractivity contribution is 5.35. The third-order valence-electron chi connectivity index (χ3n) is 4.93. The summed E-state index contributed by atoms with van der Waals surface area (Å²) < 4.78 is 6.22. The number of fused-ring (bicyclic) bond motifs is 2. The second-order valence-corrected chi connectivity index (χ2v) is 6.82. The summed E-state index contributed by atoms with van der Waals surface area (Å²) in [5.74, 6) is 0.830. The maximum atomic E-state index is 6.22. The highest BCUT2D eigenvalue weighted by atomic mass is 16.5. The highest BCUT2D eigenvalue weighted by Crippen LogP contribution is 2.43. The zero-order valence-electron chi connectivity index (χ0n) is 12.9. The molecule has 1 saturated heterocycles. The molecule has 0 unspecified atom stereocenters. The Hall–Kier alpha value is -0.860. The third-order valence-corrected chi connectivity index (χ3v) is 4.93. The van der Waals surface area contributed by atoms with Crippen molar-refractivity contribution >= 4 is 0 Å². The van der Waals surface area contributed by atoms with Gasteiger partial charge in [-0.1, -0.05) is 38.1 Å². The summed E-state index contributed by atoms with van der Waals surface area (Å²) in [5.41, 5.74) is 2.90. The van der Waals surface area contributed by atoms with Crippen molar-refractivity contribution in [3.05, 3.63) is 35.4 Å². The Morgan fingerprint density at radius 2 is 1.95 bits per heavy atom. The molecular weight excluding hydrogens is 246 g/mol. The van der Waals surface area contributed by atoms with E-state index < -0.39 is 0 Å². The van der Waals surface area contributed by atoms with E-state index in [-0.39, 0.29) is 5.60 Å². The molecular formula is C18H27NO. The number of rotatable bonds is 4. The minimum absolute atomic E-state index is 0.0329. The Labute approximate surface area is 123 Å². The fourth-order valence-electron chi connectivity index (χ4n) is 3.66. The van der Waals surface area contributed by atoms with Crippen molar-refractivity contribution in [1.82, 2.24) is 4.90 Å². The minimum atomic E-state index is 0.0329. The first-order valence-corrected chi connectivity index (χ1v) is 8.14. The molecule has 1 spiro atoms.